The molecule has 1 aliphatic carbocycles. The minimum absolute atomic E-state index is 0.0423. The van der Waals surface area contributed by atoms with Crippen LogP contribution in [0.2, 0.25) is 5.15 Å². The molecule has 1 heterocycles. The van der Waals surface area contributed by atoms with Crippen molar-refractivity contribution in [2.24, 2.45) is 5.73 Å². The monoisotopic (exact) mass is 309 g/mol. The van der Waals surface area contributed by atoms with Gasteiger partial charge in [-0.1, -0.05) is 35.4 Å². The molecule has 0 spiro atoms. The van der Waals surface area contributed by atoms with Crippen LogP contribution in [0, 0.1) is 0 Å². The van der Waals surface area contributed by atoms with E-state index in [1.165, 1.54) is 0 Å². The molecule has 6 heteroatoms. The summed E-state index contributed by atoms with van der Waals surface area (Å²) in [7, 11) is 0. The van der Waals surface area contributed by atoms with Gasteiger partial charge in [-0.3, -0.25) is 4.79 Å². The van der Waals surface area contributed by atoms with Crippen molar-refractivity contribution in [2.75, 3.05) is 0 Å². The lowest BCUT2D eigenvalue weighted by Crippen LogP contribution is -2.44. The maximum absolute atomic E-state index is 11.1. The van der Waals surface area contributed by atoms with E-state index in [0.717, 1.165) is 5.57 Å². The fraction of sp³-hybridized carbons (Fsp3) is 0.357. The number of carbonyl (C=O) groups is 1. The number of halogens is 1. The van der Waals surface area contributed by atoms with Crippen LogP contribution in [0.15, 0.2) is 29.9 Å². The first-order valence-electron chi connectivity index (χ1n) is 6.21. The lowest BCUT2D eigenvalue weighted by Gasteiger charge is -2.36. The van der Waals surface area contributed by atoms with Crippen molar-refractivity contribution in [3.05, 3.63) is 46.5 Å². The first kappa shape index (κ1) is 15.2. The van der Waals surface area contributed by atoms with Gasteiger partial charge in [-0.2, -0.15) is 0 Å². The number of carbonyl (C=O) groups excluding carboxylic acids is 1. The Labute approximate surface area is 128 Å². The number of nitrogens with two attached hydrogens (primary N) is 1. The highest BCUT2D eigenvalue weighted by molar-refractivity contribution is 7.96. The van der Waals surface area contributed by atoms with E-state index < -0.39 is 5.41 Å². The van der Waals surface area contributed by atoms with Gasteiger partial charge in [0, 0.05) is 11.5 Å². The van der Waals surface area contributed by atoms with E-state index in [0.29, 0.717) is 16.7 Å². The third-order valence-electron chi connectivity index (χ3n) is 3.73. The summed E-state index contributed by atoms with van der Waals surface area (Å²) in [5.74, 6) is 0.364. The SMILES string of the molecule is CC1=CC=CC(N)C1(C)c1cc(Cl)nc(CC(=O)S)n1. The molecular formula is C14H16ClN3OS. The van der Waals surface area contributed by atoms with Crippen LogP contribution in [0.1, 0.15) is 25.4 Å². The van der Waals surface area contributed by atoms with Gasteiger partial charge in [0.25, 0.3) is 0 Å². The molecular weight excluding hydrogens is 294 g/mol. The zero-order valence-corrected chi connectivity index (χ0v) is 12.9. The maximum atomic E-state index is 11.1. The van der Waals surface area contributed by atoms with E-state index in [2.05, 4.69) is 22.6 Å². The van der Waals surface area contributed by atoms with Gasteiger partial charge in [0.15, 0.2) is 5.12 Å². The minimum Gasteiger partial charge on any atom is -0.323 e. The van der Waals surface area contributed by atoms with Crippen molar-refractivity contribution >= 4 is 29.3 Å². The van der Waals surface area contributed by atoms with Crippen molar-refractivity contribution in [1.82, 2.24) is 9.97 Å². The lowest BCUT2D eigenvalue weighted by molar-refractivity contribution is -0.110. The molecule has 0 saturated heterocycles. The van der Waals surface area contributed by atoms with Gasteiger partial charge in [0.05, 0.1) is 12.1 Å². The van der Waals surface area contributed by atoms with Crippen LogP contribution in [0.25, 0.3) is 0 Å². The van der Waals surface area contributed by atoms with E-state index in [1.807, 2.05) is 32.1 Å². The van der Waals surface area contributed by atoms with Gasteiger partial charge in [0.2, 0.25) is 0 Å². The third kappa shape index (κ3) is 2.80. The number of aromatic nitrogens is 2. The van der Waals surface area contributed by atoms with Crippen LogP contribution in [-0.4, -0.2) is 21.1 Å². The topological polar surface area (TPSA) is 68.9 Å². The van der Waals surface area contributed by atoms with Crippen molar-refractivity contribution in [2.45, 2.75) is 31.7 Å². The second kappa shape index (κ2) is 5.68. The van der Waals surface area contributed by atoms with E-state index in [1.54, 1.807) is 6.07 Å². The van der Waals surface area contributed by atoms with Crippen LogP contribution < -0.4 is 5.73 Å². The predicted molar refractivity (Wildman–Crippen MR) is 83.0 cm³/mol. The number of hydrogen-bond acceptors (Lipinski definition) is 4. The third-order valence-corrected chi connectivity index (χ3v) is 4.08. The molecule has 2 N–H and O–H groups in total. The van der Waals surface area contributed by atoms with Crippen LogP contribution in [0.4, 0.5) is 0 Å². The highest BCUT2D eigenvalue weighted by atomic mass is 35.5. The summed E-state index contributed by atoms with van der Waals surface area (Å²) in [6, 6.07) is 1.49. The normalized spacial score (nSPS) is 25.4. The molecule has 2 atom stereocenters. The van der Waals surface area contributed by atoms with Crippen molar-refractivity contribution < 1.29 is 4.79 Å². The summed E-state index contributed by atoms with van der Waals surface area (Å²) in [6.45, 7) is 4.01. The molecule has 106 valence electrons. The van der Waals surface area contributed by atoms with Crippen LogP contribution >= 0.6 is 24.2 Å². The van der Waals surface area contributed by atoms with Gasteiger partial charge >= 0.3 is 0 Å². The molecule has 0 radical (unpaired) electrons. The Bertz CT molecular complexity index is 614. The number of allylic oxidation sites excluding steroid dienone is 2. The molecule has 0 fully saturated rings. The Morgan fingerprint density at radius 1 is 1.55 bits per heavy atom. The fourth-order valence-electron chi connectivity index (χ4n) is 2.27. The van der Waals surface area contributed by atoms with E-state index in [-0.39, 0.29) is 17.6 Å². The molecule has 0 amide bonds. The second-order valence-electron chi connectivity index (χ2n) is 5.03. The first-order chi connectivity index (χ1) is 9.34. The minimum atomic E-state index is -0.463. The molecule has 0 saturated carbocycles. The van der Waals surface area contributed by atoms with E-state index in [9.17, 15) is 4.79 Å². The molecule has 2 unspecified atom stereocenters. The van der Waals surface area contributed by atoms with Crippen molar-refractivity contribution in [1.29, 1.82) is 0 Å². The summed E-state index contributed by atoms with van der Waals surface area (Å²) in [5.41, 5.74) is 7.57. The van der Waals surface area contributed by atoms with Gasteiger partial charge in [-0.05, 0) is 19.9 Å². The van der Waals surface area contributed by atoms with Crippen molar-refractivity contribution in [3.63, 3.8) is 0 Å². The van der Waals surface area contributed by atoms with Crippen LogP contribution in [0.3, 0.4) is 0 Å². The summed E-state index contributed by atoms with van der Waals surface area (Å²) in [4.78, 5) is 19.6. The zero-order valence-electron chi connectivity index (χ0n) is 11.3. The molecule has 1 aliphatic rings. The van der Waals surface area contributed by atoms with Crippen LogP contribution in [0.5, 0.6) is 0 Å². The van der Waals surface area contributed by atoms with Gasteiger partial charge in [-0.25, -0.2) is 9.97 Å². The lowest BCUT2D eigenvalue weighted by atomic mass is 9.71. The second-order valence-corrected chi connectivity index (χ2v) is 5.91. The first-order valence-corrected chi connectivity index (χ1v) is 7.03. The molecule has 0 bridgehead atoms. The number of nitrogens with zero attached hydrogens (tertiary/aromatic N) is 2. The largest absolute Gasteiger partial charge is 0.323 e. The number of rotatable bonds is 3. The molecule has 1 aromatic heterocycles. The van der Waals surface area contributed by atoms with Gasteiger partial charge in [0.1, 0.15) is 11.0 Å². The Hall–Kier alpha value is -1.17. The van der Waals surface area contributed by atoms with E-state index >= 15 is 0 Å². The fourth-order valence-corrected chi connectivity index (χ4v) is 2.61. The molecule has 20 heavy (non-hydrogen) atoms. The number of thiol groups is 1. The Morgan fingerprint density at radius 3 is 2.85 bits per heavy atom. The average Bonchev–Trinajstić information content (AvgIpc) is 2.34. The van der Waals surface area contributed by atoms with Crippen molar-refractivity contribution in [3.8, 4) is 0 Å². The average molecular weight is 310 g/mol. The highest BCUT2D eigenvalue weighted by Crippen LogP contribution is 2.36. The number of hydrogen-bond donors (Lipinski definition) is 2. The summed E-state index contributed by atoms with van der Waals surface area (Å²) < 4.78 is 0. The summed E-state index contributed by atoms with van der Waals surface area (Å²) in [5, 5.41) is -0.00108. The quantitative estimate of drug-likeness (QED) is 0.663. The summed E-state index contributed by atoms with van der Waals surface area (Å²) >= 11 is 9.80. The Morgan fingerprint density at radius 2 is 2.25 bits per heavy atom. The maximum Gasteiger partial charge on any atom is 0.193 e. The predicted octanol–water partition coefficient (Wildman–Crippen LogP) is 2.23. The molecule has 0 aliphatic heterocycles. The molecule has 2 rings (SSSR count). The standard InChI is InChI=1S/C14H16ClN3OS/c1-8-4-3-5-9(16)14(8,2)10-6-11(15)18-12(17-10)7-13(19)20/h3-6,9H,7,16H2,1-2H3,(H,19,20). The Balaban J connectivity index is 2.51. The van der Waals surface area contributed by atoms with E-state index in [4.69, 9.17) is 17.3 Å². The summed E-state index contributed by atoms with van der Waals surface area (Å²) in [6.07, 6.45) is 5.90. The Kier molecular flexibility index (Phi) is 4.32. The molecule has 4 nitrogen and oxygen atoms in total. The van der Waals surface area contributed by atoms with Crippen LogP contribution in [-0.2, 0) is 16.6 Å². The highest BCUT2D eigenvalue weighted by Gasteiger charge is 2.37. The molecule has 1 aromatic rings. The van der Waals surface area contributed by atoms with Gasteiger partial charge in [-0.15, -0.1) is 12.6 Å². The van der Waals surface area contributed by atoms with Gasteiger partial charge < -0.3 is 5.73 Å². The zero-order chi connectivity index (χ0) is 14.9. The molecule has 0 aromatic carbocycles. The smallest absolute Gasteiger partial charge is 0.193 e.